The van der Waals surface area contributed by atoms with Crippen molar-refractivity contribution in [3.05, 3.63) is 0 Å². The maximum atomic E-state index is 11.6. The summed E-state index contributed by atoms with van der Waals surface area (Å²) in [5.41, 5.74) is 0. The molecule has 24 heavy (non-hydrogen) atoms. The number of esters is 1. The number of carbonyl (C=O) groups is 2. The van der Waals surface area contributed by atoms with E-state index < -0.39 is 12.0 Å². The topological polar surface area (TPSA) is 75.6 Å². The van der Waals surface area contributed by atoms with Crippen molar-refractivity contribution in [1.29, 1.82) is 0 Å². The Labute approximate surface area is 151 Å². The van der Waals surface area contributed by atoms with Crippen molar-refractivity contribution >= 4 is 23.7 Å². The van der Waals surface area contributed by atoms with E-state index in [1.54, 1.807) is 11.8 Å². The second kappa shape index (κ2) is 17.1. The minimum atomic E-state index is -0.864. The summed E-state index contributed by atoms with van der Waals surface area (Å²) in [5.74, 6) is -0.330. The number of carboxylic acid groups (broad SMARTS) is 1. The van der Waals surface area contributed by atoms with Crippen molar-refractivity contribution in [3.63, 3.8) is 0 Å². The van der Waals surface area contributed by atoms with Crippen LogP contribution in [0.1, 0.15) is 71.1 Å². The number of carbonyl (C=O) groups excluding carboxylic acids is 1. The van der Waals surface area contributed by atoms with E-state index in [1.165, 1.54) is 38.5 Å². The van der Waals surface area contributed by atoms with Gasteiger partial charge in [-0.05, 0) is 24.9 Å². The summed E-state index contributed by atoms with van der Waals surface area (Å²) in [5, 5.41) is 12.0. The van der Waals surface area contributed by atoms with Crippen molar-refractivity contribution in [1.82, 2.24) is 5.32 Å². The Kier molecular flexibility index (Phi) is 16.6. The molecule has 0 heterocycles. The highest BCUT2D eigenvalue weighted by Gasteiger charge is 2.16. The fourth-order valence-electron chi connectivity index (χ4n) is 2.39. The summed E-state index contributed by atoms with van der Waals surface area (Å²) in [4.78, 5) is 22.7. The van der Waals surface area contributed by atoms with Crippen LogP contribution >= 0.6 is 11.8 Å². The average molecular weight is 362 g/mol. The van der Waals surface area contributed by atoms with Crippen LogP contribution in [0.2, 0.25) is 0 Å². The van der Waals surface area contributed by atoms with Gasteiger partial charge in [-0.1, -0.05) is 51.9 Å². The molecule has 0 amide bonds. The third-order valence-electron chi connectivity index (χ3n) is 3.89. The zero-order valence-electron chi connectivity index (χ0n) is 15.3. The van der Waals surface area contributed by atoms with Crippen molar-refractivity contribution in [3.8, 4) is 0 Å². The summed E-state index contributed by atoms with van der Waals surface area (Å²) in [6.07, 6.45) is 12.5. The van der Waals surface area contributed by atoms with Crippen molar-refractivity contribution in [2.24, 2.45) is 0 Å². The zero-order valence-corrected chi connectivity index (χ0v) is 16.2. The molecule has 0 radical (unpaired) electrons. The Morgan fingerprint density at radius 2 is 1.71 bits per heavy atom. The summed E-state index contributed by atoms with van der Waals surface area (Å²) in [6, 6.07) is -0.585. The van der Waals surface area contributed by atoms with Crippen LogP contribution in [-0.2, 0) is 14.3 Å². The van der Waals surface area contributed by atoms with Gasteiger partial charge in [-0.15, -0.1) is 0 Å². The summed E-state index contributed by atoms with van der Waals surface area (Å²) in [6.45, 7) is 3.04. The van der Waals surface area contributed by atoms with E-state index in [1.807, 2.05) is 6.26 Å². The molecule has 0 aromatic carbocycles. The Balaban J connectivity index is 3.50. The van der Waals surface area contributed by atoms with Gasteiger partial charge >= 0.3 is 11.9 Å². The fraction of sp³-hybridized carbons (Fsp3) is 0.889. The molecule has 0 rings (SSSR count). The number of nitrogens with one attached hydrogen (secondary N) is 1. The SMILES string of the molecule is CCCCCCCCCCOC(=O)CCN[C@H](CCSC)C(=O)O. The van der Waals surface area contributed by atoms with Gasteiger partial charge in [0.25, 0.3) is 0 Å². The lowest BCUT2D eigenvalue weighted by atomic mass is 10.1. The average Bonchev–Trinajstić information content (AvgIpc) is 2.56. The smallest absolute Gasteiger partial charge is 0.320 e. The lowest BCUT2D eigenvalue weighted by molar-refractivity contribution is -0.144. The van der Waals surface area contributed by atoms with Crippen LogP contribution in [-0.4, -0.2) is 48.2 Å². The minimum Gasteiger partial charge on any atom is -0.480 e. The largest absolute Gasteiger partial charge is 0.480 e. The molecular weight excluding hydrogens is 326 g/mol. The van der Waals surface area contributed by atoms with E-state index >= 15 is 0 Å². The van der Waals surface area contributed by atoms with Crippen molar-refractivity contribution in [2.75, 3.05) is 25.2 Å². The van der Waals surface area contributed by atoms with Crippen LogP contribution in [0.4, 0.5) is 0 Å². The van der Waals surface area contributed by atoms with Gasteiger partial charge in [-0.2, -0.15) is 11.8 Å². The number of hydrogen-bond acceptors (Lipinski definition) is 5. The number of hydrogen-bond donors (Lipinski definition) is 2. The molecule has 0 aliphatic heterocycles. The van der Waals surface area contributed by atoms with Crippen LogP contribution < -0.4 is 5.32 Å². The highest BCUT2D eigenvalue weighted by Crippen LogP contribution is 2.08. The molecule has 0 saturated carbocycles. The molecule has 2 N–H and O–H groups in total. The van der Waals surface area contributed by atoms with Crippen LogP contribution in [0.25, 0.3) is 0 Å². The molecule has 1 atom stereocenters. The quantitative estimate of drug-likeness (QED) is 0.303. The highest BCUT2D eigenvalue weighted by atomic mass is 32.2. The maximum Gasteiger partial charge on any atom is 0.320 e. The van der Waals surface area contributed by atoms with Crippen LogP contribution in [0.3, 0.4) is 0 Å². The van der Waals surface area contributed by atoms with Gasteiger partial charge in [0.2, 0.25) is 0 Å². The Hall–Kier alpha value is -0.750. The molecule has 0 bridgehead atoms. The first kappa shape index (κ1) is 23.2. The third-order valence-corrected chi connectivity index (χ3v) is 4.53. The Morgan fingerprint density at radius 1 is 1.08 bits per heavy atom. The van der Waals surface area contributed by atoms with Gasteiger partial charge in [-0.25, -0.2) is 0 Å². The molecule has 0 saturated heterocycles. The molecular formula is C18H35NO4S. The van der Waals surface area contributed by atoms with Gasteiger partial charge in [0.05, 0.1) is 13.0 Å². The predicted molar refractivity (Wildman–Crippen MR) is 101 cm³/mol. The molecule has 0 fully saturated rings. The van der Waals surface area contributed by atoms with Crippen molar-refractivity contribution in [2.45, 2.75) is 77.2 Å². The van der Waals surface area contributed by atoms with E-state index in [0.29, 0.717) is 19.6 Å². The molecule has 0 unspecified atom stereocenters. The number of aliphatic carboxylic acids is 1. The zero-order chi connectivity index (χ0) is 18.0. The van der Waals surface area contributed by atoms with Gasteiger partial charge < -0.3 is 15.2 Å². The van der Waals surface area contributed by atoms with Crippen LogP contribution in [0.5, 0.6) is 0 Å². The molecule has 0 aliphatic rings. The summed E-state index contributed by atoms with van der Waals surface area (Å²) in [7, 11) is 0. The molecule has 0 spiro atoms. The molecule has 142 valence electrons. The lowest BCUT2D eigenvalue weighted by Gasteiger charge is -2.13. The van der Waals surface area contributed by atoms with E-state index in [0.717, 1.165) is 18.6 Å². The second-order valence-electron chi connectivity index (χ2n) is 6.07. The summed E-state index contributed by atoms with van der Waals surface area (Å²) >= 11 is 1.61. The molecule has 5 nitrogen and oxygen atoms in total. The fourth-order valence-corrected chi connectivity index (χ4v) is 2.86. The van der Waals surface area contributed by atoms with Gasteiger partial charge in [0, 0.05) is 6.54 Å². The first-order valence-corrected chi connectivity index (χ1v) is 10.6. The van der Waals surface area contributed by atoms with Gasteiger partial charge in [0.15, 0.2) is 0 Å². The van der Waals surface area contributed by atoms with Crippen LogP contribution in [0, 0.1) is 0 Å². The first-order valence-electron chi connectivity index (χ1n) is 9.22. The maximum absolute atomic E-state index is 11.6. The van der Waals surface area contributed by atoms with E-state index in [9.17, 15) is 9.59 Å². The monoisotopic (exact) mass is 361 g/mol. The number of rotatable bonds is 17. The lowest BCUT2D eigenvalue weighted by Crippen LogP contribution is -2.38. The van der Waals surface area contributed by atoms with Gasteiger partial charge in [-0.3, -0.25) is 9.59 Å². The first-order chi connectivity index (χ1) is 11.6. The Morgan fingerprint density at radius 3 is 2.29 bits per heavy atom. The van der Waals surface area contributed by atoms with E-state index in [-0.39, 0.29) is 12.4 Å². The standard InChI is InChI=1S/C18H35NO4S/c1-3-4-5-6-7-8-9-10-14-23-17(20)11-13-19-16(18(21)22)12-15-24-2/h16,19H,3-15H2,1-2H3,(H,21,22)/t16-/m1/s1. The predicted octanol–water partition coefficient (Wildman–Crippen LogP) is 3.86. The molecule has 0 aromatic rings. The van der Waals surface area contributed by atoms with Crippen molar-refractivity contribution < 1.29 is 19.4 Å². The van der Waals surface area contributed by atoms with E-state index in [2.05, 4.69) is 12.2 Å². The Bertz CT molecular complexity index is 326. The molecule has 0 aromatic heterocycles. The second-order valence-corrected chi connectivity index (χ2v) is 7.06. The molecule has 6 heteroatoms. The molecule has 0 aliphatic carbocycles. The van der Waals surface area contributed by atoms with Crippen LogP contribution in [0.15, 0.2) is 0 Å². The normalized spacial score (nSPS) is 12.1. The minimum absolute atomic E-state index is 0.222. The number of unbranched alkanes of at least 4 members (excludes halogenated alkanes) is 7. The van der Waals surface area contributed by atoms with E-state index in [4.69, 9.17) is 9.84 Å². The summed E-state index contributed by atoms with van der Waals surface area (Å²) < 4.78 is 5.18. The number of thioether (sulfide) groups is 1. The number of carboxylic acids is 1. The number of ether oxygens (including phenoxy) is 1. The highest BCUT2D eigenvalue weighted by molar-refractivity contribution is 7.98. The third kappa shape index (κ3) is 14.8. The van der Waals surface area contributed by atoms with Gasteiger partial charge in [0.1, 0.15) is 6.04 Å².